The Kier molecular flexibility index (Phi) is 4.64. The number of benzene rings is 1. The van der Waals surface area contributed by atoms with E-state index in [1.54, 1.807) is 13.0 Å². The van der Waals surface area contributed by atoms with Crippen LogP contribution in [0.3, 0.4) is 0 Å². The van der Waals surface area contributed by atoms with Gasteiger partial charge < -0.3 is 14.7 Å². The first-order valence-corrected chi connectivity index (χ1v) is 7.87. The van der Waals surface area contributed by atoms with Crippen molar-refractivity contribution < 1.29 is 18.6 Å². The number of carbonyl (C=O) groups excluding carboxylic acids is 1. The van der Waals surface area contributed by atoms with E-state index in [2.05, 4.69) is 10.5 Å². The van der Waals surface area contributed by atoms with Crippen molar-refractivity contribution in [2.24, 2.45) is 0 Å². The van der Waals surface area contributed by atoms with Crippen molar-refractivity contribution in [3.63, 3.8) is 0 Å². The molecule has 1 aliphatic heterocycles. The van der Waals surface area contributed by atoms with Crippen LogP contribution in [-0.4, -0.2) is 35.1 Å². The number of nitro benzene ring substituents is 1. The number of aromatic nitrogens is 1. The van der Waals surface area contributed by atoms with Gasteiger partial charge in [-0.1, -0.05) is 5.16 Å². The molecule has 0 bridgehead atoms. The molecule has 1 saturated heterocycles. The molecule has 2 heterocycles. The fourth-order valence-corrected chi connectivity index (χ4v) is 2.91. The van der Waals surface area contributed by atoms with E-state index in [4.69, 9.17) is 4.52 Å². The number of carbonyl (C=O) groups is 1. The lowest BCUT2D eigenvalue weighted by Gasteiger charge is -2.33. The molecule has 0 unspecified atom stereocenters. The predicted molar refractivity (Wildman–Crippen MR) is 87.0 cm³/mol. The third-order valence-electron chi connectivity index (χ3n) is 4.17. The molecule has 1 amide bonds. The molecule has 25 heavy (non-hydrogen) atoms. The molecule has 0 spiro atoms. The van der Waals surface area contributed by atoms with Crippen molar-refractivity contribution in [1.29, 1.82) is 0 Å². The van der Waals surface area contributed by atoms with Gasteiger partial charge in [-0.25, -0.2) is 4.39 Å². The molecule has 1 N–H and O–H groups in total. The number of piperidine rings is 1. The van der Waals surface area contributed by atoms with Gasteiger partial charge in [0.25, 0.3) is 11.6 Å². The molecule has 0 radical (unpaired) electrons. The largest absolute Gasteiger partial charge is 0.366 e. The molecule has 0 atom stereocenters. The van der Waals surface area contributed by atoms with Gasteiger partial charge in [0.15, 0.2) is 5.69 Å². The predicted octanol–water partition coefficient (Wildman–Crippen LogP) is 2.43. The minimum Gasteiger partial charge on any atom is -0.366 e. The van der Waals surface area contributed by atoms with Gasteiger partial charge in [0.2, 0.25) is 0 Å². The van der Waals surface area contributed by atoms with Crippen LogP contribution in [0.4, 0.5) is 15.8 Å². The third kappa shape index (κ3) is 3.76. The third-order valence-corrected chi connectivity index (χ3v) is 4.17. The van der Waals surface area contributed by atoms with Gasteiger partial charge in [0.1, 0.15) is 17.3 Å². The van der Waals surface area contributed by atoms with Crippen LogP contribution >= 0.6 is 0 Å². The number of rotatable bonds is 4. The number of anilines is 1. The molecule has 8 nitrogen and oxygen atoms in total. The van der Waals surface area contributed by atoms with Gasteiger partial charge in [0.05, 0.1) is 11.0 Å². The number of nitrogens with zero attached hydrogens (tertiary/aromatic N) is 3. The highest BCUT2D eigenvalue weighted by Gasteiger charge is 2.26. The zero-order valence-electron chi connectivity index (χ0n) is 13.6. The Morgan fingerprint density at radius 1 is 1.40 bits per heavy atom. The van der Waals surface area contributed by atoms with Gasteiger partial charge in [-0.2, -0.15) is 0 Å². The van der Waals surface area contributed by atoms with Crippen molar-refractivity contribution in [1.82, 2.24) is 10.5 Å². The Morgan fingerprint density at radius 3 is 2.72 bits per heavy atom. The minimum absolute atomic E-state index is 0.0553. The number of hydrogen-bond acceptors (Lipinski definition) is 6. The summed E-state index contributed by atoms with van der Waals surface area (Å²) in [6.45, 7) is 2.75. The molecule has 9 heteroatoms. The van der Waals surface area contributed by atoms with Gasteiger partial charge in [0, 0.05) is 25.2 Å². The van der Waals surface area contributed by atoms with Crippen LogP contribution in [0.2, 0.25) is 0 Å². The highest BCUT2D eigenvalue weighted by molar-refractivity contribution is 5.92. The SMILES string of the molecule is Cc1cc(C(=O)NC2CCN(c3ccc(F)cc3[N+](=O)[O-])CC2)no1. The molecule has 1 aliphatic rings. The molecule has 0 aliphatic carbocycles. The summed E-state index contributed by atoms with van der Waals surface area (Å²) in [6, 6.07) is 5.07. The first-order valence-electron chi connectivity index (χ1n) is 7.87. The van der Waals surface area contributed by atoms with Crippen molar-refractivity contribution in [3.8, 4) is 0 Å². The van der Waals surface area contributed by atoms with Crippen LogP contribution in [0.25, 0.3) is 0 Å². The quantitative estimate of drug-likeness (QED) is 0.672. The molecule has 1 fully saturated rings. The van der Waals surface area contributed by atoms with Crippen molar-refractivity contribution in [2.75, 3.05) is 18.0 Å². The molecular weight excluding hydrogens is 331 g/mol. The number of hydrogen-bond donors (Lipinski definition) is 1. The monoisotopic (exact) mass is 348 g/mol. The van der Waals surface area contributed by atoms with Crippen LogP contribution < -0.4 is 10.2 Å². The summed E-state index contributed by atoms with van der Waals surface area (Å²) >= 11 is 0. The van der Waals surface area contributed by atoms with Crippen LogP contribution in [0.1, 0.15) is 29.1 Å². The summed E-state index contributed by atoms with van der Waals surface area (Å²) in [4.78, 5) is 24.5. The Bertz CT molecular complexity index is 799. The molecule has 3 rings (SSSR count). The molecule has 1 aromatic carbocycles. The van der Waals surface area contributed by atoms with E-state index in [1.165, 1.54) is 12.1 Å². The highest BCUT2D eigenvalue weighted by Crippen LogP contribution is 2.31. The summed E-state index contributed by atoms with van der Waals surface area (Å²) < 4.78 is 18.1. The second-order valence-electron chi connectivity index (χ2n) is 5.95. The van der Waals surface area contributed by atoms with Gasteiger partial charge in [-0.15, -0.1) is 0 Å². The normalized spacial score (nSPS) is 15.2. The van der Waals surface area contributed by atoms with Crippen molar-refractivity contribution >= 4 is 17.3 Å². The standard InChI is InChI=1S/C16H17FN4O4/c1-10-8-13(19-25-10)16(22)18-12-4-6-20(7-5-12)14-3-2-11(17)9-15(14)21(23)24/h2-3,8-9,12H,4-7H2,1H3,(H,18,22). The average Bonchev–Trinajstić information content (AvgIpc) is 3.02. The second-order valence-corrected chi connectivity index (χ2v) is 5.95. The second kappa shape index (κ2) is 6.88. The van der Waals surface area contributed by atoms with Crippen molar-refractivity contribution in [2.45, 2.75) is 25.8 Å². The van der Waals surface area contributed by atoms with E-state index < -0.39 is 10.7 Å². The maximum Gasteiger partial charge on any atom is 0.295 e. The van der Waals surface area contributed by atoms with E-state index in [0.29, 0.717) is 37.4 Å². The fourth-order valence-electron chi connectivity index (χ4n) is 2.91. The van der Waals surface area contributed by atoms with E-state index in [9.17, 15) is 19.3 Å². The Hall–Kier alpha value is -2.97. The molecular formula is C16H17FN4O4. The number of nitro groups is 1. The summed E-state index contributed by atoms with van der Waals surface area (Å²) in [5, 5.41) is 17.7. The first-order chi connectivity index (χ1) is 11.9. The van der Waals surface area contributed by atoms with E-state index in [0.717, 1.165) is 6.07 Å². The summed E-state index contributed by atoms with van der Waals surface area (Å²) in [7, 11) is 0. The Labute approximate surface area is 142 Å². The van der Waals surface area contributed by atoms with E-state index in [1.807, 2.05) is 4.90 Å². The molecule has 2 aromatic rings. The summed E-state index contributed by atoms with van der Waals surface area (Å²) in [6.07, 6.45) is 1.24. The fraction of sp³-hybridized carbons (Fsp3) is 0.375. The minimum atomic E-state index is -0.638. The smallest absolute Gasteiger partial charge is 0.295 e. The number of amides is 1. The van der Waals surface area contributed by atoms with E-state index in [-0.39, 0.29) is 23.3 Å². The van der Waals surface area contributed by atoms with Crippen LogP contribution in [0.15, 0.2) is 28.8 Å². The molecule has 0 saturated carbocycles. The molecule has 132 valence electrons. The van der Waals surface area contributed by atoms with Crippen LogP contribution in [-0.2, 0) is 0 Å². The van der Waals surface area contributed by atoms with E-state index >= 15 is 0 Å². The zero-order chi connectivity index (χ0) is 18.0. The average molecular weight is 348 g/mol. The maximum atomic E-state index is 13.3. The Morgan fingerprint density at radius 2 is 2.12 bits per heavy atom. The number of nitrogens with one attached hydrogen (secondary N) is 1. The van der Waals surface area contributed by atoms with Crippen molar-refractivity contribution in [3.05, 3.63) is 51.7 Å². The highest BCUT2D eigenvalue weighted by atomic mass is 19.1. The summed E-state index contributed by atoms with van der Waals surface area (Å²) in [5.41, 5.74) is 0.373. The van der Waals surface area contributed by atoms with Gasteiger partial charge in [-0.3, -0.25) is 14.9 Å². The topological polar surface area (TPSA) is 102 Å². The summed E-state index contributed by atoms with van der Waals surface area (Å²) in [5.74, 6) is -0.382. The molecule has 1 aromatic heterocycles. The van der Waals surface area contributed by atoms with Gasteiger partial charge >= 0.3 is 0 Å². The zero-order valence-corrected chi connectivity index (χ0v) is 13.6. The lowest BCUT2D eigenvalue weighted by molar-refractivity contribution is -0.384. The Balaban J connectivity index is 1.62. The lowest BCUT2D eigenvalue weighted by Crippen LogP contribution is -2.45. The number of aryl methyl sites for hydroxylation is 1. The first kappa shape index (κ1) is 16.9. The maximum absolute atomic E-state index is 13.3. The lowest BCUT2D eigenvalue weighted by atomic mass is 10.0. The van der Waals surface area contributed by atoms with Crippen LogP contribution in [0.5, 0.6) is 0 Å². The van der Waals surface area contributed by atoms with Crippen LogP contribution in [0, 0.1) is 22.9 Å². The van der Waals surface area contributed by atoms with Gasteiger partial charge in [-0.05, 0) is 31.9 Å². The number of halogens is 1.